The molecule has 2 heterocycles. The summed E-state index contributed by atoms with van der Waals surface area (Å²) in [5.74, 6) is -0.554. The van der Waals surface area contributed by atoms with Crippen LogP contribution in [-0.4, -0.2) is 23.1 Å². The van der Waals surface area contributed by atoms with E-state index in [2.05, 4.69) is 21.5 Å². The molecule has 0 spiro atoms. The van der Waals surface area contributed by atoms with E-state index in [0.717, 1.165) is 5.56 Å². The predicted octanol–water partition coefficient (Wildman–Crippen LogP) is 2.84. The standard InChI is InChI=1S/C23H19ClN5O4P/c1-14-7-16(11-25)9-18(8-14)34(32,33-2)22-19-10-17(24)3-4-20(19)28-21(22)23(30)26-12-15-5-6-27-29(31)13-15/h3-10,13,28H,12H2,1-2H3,(H,26,30). The molecule has 0 bridgehead atoms. The number of nitrogens with one attached hydrogen (secondary N) is 2. The summed E-state index contributed by atoms with van der Waals surface area (Å²) in [6.07, 6.45) is 2.57. The van der Waals surface area contributed by atoms with Crippen molar-refractivity contribution >= 4 is 46.4 Å². The van der Waals surface area contributed by atoms with E-state index in [1.807, 2.05) is 0 Å². The minimum Gasteiger partial charge on any atom is -0.594 e. The van der Waals surface area contributed by atoms with Crippen LogP contribution in [0.4, 0.5) is 0 Å². The van der Waals surface area contributed by atoms with E-state index in [0.29, 0.717) is 31.9 Å². The Balaban J connectivity index is 1.87. The number of halogens is 1. The molecular weight excluding hydrogens is 477 g/mol. The number of hydrogen-bond donors (Lipinski definition) is 2. The summed E-state index contributed by atoms with van der Waals surface area (Å²) in [5, 5.41) is 28.4. The number of benzene rings is 2. The van der Waals surface area contributed by atoms with Gasteiger partial charge in [-0.15, -0.1) is 0 Å². The van der Waals surface area contributed by atoms with E-state index in [4.69, 9.17) is 16.1 Å². The molecule has 0 radical (unpaired) electrons. The van der Waals surface area contributed by atoms with Gasteiger partial charge in [0, 0.05) is 45.5 Å². The molecule has 2 aromatic carbocycles. The van der Waals surface area contributed by atoms with Crippen molar-refractivity contribution in [3.8, 4) is 6.07 Å². The van der Waals surface area contributed by atoms with E-state index < -0.39 is 13.3 Å². The Kier molecular flexibility index (Phi) is 6.40. The average Bonchev–Trinajstić information content (AvgIpc) is 3.21. The number of aromatic amines is 1. The third-order valence-electron chi connectivity index (χ3n) is 5.24. The number of carbonyl (C=O) groups excluding carboxylic acids is 1. The molecule has 1 amide bonds. The first-order valence-electron chi connectivity index (χ1n) is 10.1. The first kappa shape index (κ1) is 23.5. The highest BCUT2D eigenvalue weighted by molar-refractivity contribution is 7.75. The number of aryl methyl sites for hydroxylation is 1. The Hall–Kier alpha value is -3.70. The zero-order chi connectivity index (χ0) is 24.5. The van der Waals surface area contributed by atoms with Gasteiger partial charge < -0.3 is 20.0 Å². The van der Waals surface area contributed by atoms with Gasteiger partial charge in [0.1, 0.15) is 5.69 Å². The molecule has 4 aromatic rings. The Morgan fingerprint density at radius 3 is 2.82 bits per heavy atom. The molecular formula is C23H19ClN5O4P. The van der Waals surface area contributed by atoms with Crippen molar-refractivity contribution in [3.05, 3.63) is 87.5 Å². The molecule has 0 aliphatic rings. The highest BCUT2D eigenvalue weighted by atomic mass is 35.5. The minimum atomic E-state index is -3.85. The number of H-pyrrole nitrogens is 1. The number of fused-ring (bicyclic) bond motifs is 1. The smallest absolute Gasteiger partial charge is 0.268 e. The summed E-state index contributed by atoms with van der Waals surface area (Å²) >= 11 is 6.22. The van der Waals surface area contributed by atoms with Crippen LogP contribution < -0.4 is 20.8 Å². The third-order valence-corrected chi connectivity index (χ3v) is 7.98. The van der Waals surface area contributed by atoms with E-state index in [1.54, 1.807) is 43.3 Å². The summed E-state index contributed by atoms with van der Waals surface area (Å²) in [6.45, 7) is 1.82. The van der Waals surface area contributed by atoms with Crippen LogP contribution in [0.1, 0.15) is 27.2 Å². The van der Waals surface area contributed by atoms with Gasteiger partial charge in [0.2, 0.25) is 6.20 Å². The number of carbonyl (C=O) groups is 1. The molecule has 1 unspecified atom stereocenters. The topological polar surface area (TPSA) is 135 Å². The maximum atomic E-state index is 14.4. The normalized spacial score (nSPS) is 12.8. The number of amides is 1. The number of nitrogens with zero attached hydrogens (tertiary/aromatic N) is 3. The van der Waals surface area contributed by atoms with E-state index in [1.165, 1.54) is 25.6 Å². The van der Waals surface area contributed by atoms with Crippen molar-refractivity contribution in [2.45, 2.75) is 13.5 Å². The van der Waals surface area contributed by atoms with Crippen LogP contribution in [0, 0.1) is 23.5 Å². The lowest BCUT2D eigenvalue weighted by molar-refractivity contribution is -0.669. The molecule has 11 heteroatoms. The molecule has 0 fully saturated rings. The second kappa shape index (κ2) is 9.27. The van der Waals surface area contributed by atoms with Crippen molar-refractivity contribution < 1.29 is 18.7 Å². The van der Waals surface area contributed by atoms with Crippen LogP contribution in [-0.2, 0) is 15.6 Å². The molecule has 34 heavy (non-hydrogen) atoms. The molecule has 0 saturated heterocycles. The molecule has 0 aliphatic heterocycles. The Labute approximate surface area is 200 Å². The monoisotopic (exact) mass is 495 g/mol. The minimum absolute atomic E-state index is 0.0338. The maximum Gasteiger partial charge on any atom is 0.268 e. The van der Waals surface area contributed by atoms with Crippen LogP contribution in [0.2, 0.25) is 5.02 Å². The quantitative estimate of drug-likeness (QED) is 0.240. The molecule has 0 saturated carbocycles. The van der Waals surface area contributed by atoms with Crippen molar-refractivity contribution in [3.63, 3.8) is 0 Å². The van der Waals surface area contributed by atoms with Crippen molar-refractivity contribution in [2.24, 2.45) is 0 Å². The van der Waals surface area contributed by atoms with Crippen LogP contribution in [0.5, 0.6) is 0 Å². The summed E-state index contributed by atoms with van der Waals surface area (Å²) in [7, 11) is -2.55. The average molecular weight is 496 g/mol. The second-order valence-electron chi connectivity index (χ2n) is 7.56. The number of nitriles is 1. The molecule has 9 nitrogen and oxygen atoms in total. The van der Waals surface area contributed by atoms with E-state index >= 15 is 0 Å². The van der Waals surface area contributed by atoms with Crippen LogP contribution in [0.15, 0.2) is 54.9 Å². The number of rotatable bonds is 6. The van der Waals surface area contributed by atoms with Crippen molar-refractivity contribution in [1.29, 1.82) is 5.26 Å². The Morgan fingerprint density at radius 1 is 1.32 bits per heavy atom. The van der Waals surface area contributed by atoms with Crippen LogP contribution in [0.25, 0.3) is 10.9 Å². The lowest BCUT2D eigenvalue weighted by atomic mass is 10.2. The molecule has 2 aromatic heterocycles. The van der Waals surface area contributed by atoms with E-state index in [-0.39, 0.29) is 22.8 Å². The second-order valence-corrected chi connectivity index (χ2v) is 10.4. The molecule has 2 N–H and O–H groups in total. The zero-order valence-corrected chi connectivity index (χ0v) is 19.9. The highest BCUT2D eigenvalue weighted by Crippen LogP contribution is 2.47. The first-order valence-corrected chi connectivity index (χ1v) is 12.1. The number of aromatic nitrogens is 3. The highest BCUT2D eigenvalue weighted by Gasteiger charge is 2.36. The first-order chi connectivity index (χ1) is 16.2. The van der Waals surface area contributed by atoms with Crippen molar-refractivity contribution in [1.82, 2.24) is 15.4 Å². The van der Waals surface area contributed by atoms with Gasteiger partial charge in [-0.05, 0) is 55.0 Å². The van der Waals surface area contributed by atoms with Gasteiger partial charge in [-0.2, -0.15) is 5.26 Å². The molecule has 4 rings (SSSR count). The van der Waals surface area contributed by atoms with Crippen molar-refractivity contribution in [2.75, 3.05) is 7.11 Å². The lowest BCUT2D eigenvalue weighted by Gasteiger charge is -2.19. The fraction of sp³-hybridized carbons (Fsp3) is 0.130. The zero-order valence-electron chi connectivity index (χ0n) is 18.2. The largest absolute Gasteiger partial charge is 0.594 e. The van der Waals surface area contributed by atoms with Crippen LogP contribution >= 0.6 is 19.0 Å². The fourth-order valence-electron chi connectivity index (χ4n) is 3.73. The molecule has 0 aliphatic carbocycles. The van der Waals surface area contributed by atoms with E-state index in [9.17, 15) is 19.8 Å². The summed E-state index contributed by atoms with van der Waals surface area (Å²) < 4.78 is 20.0. The van der Waals surface area contributed by atoms with Gasteiger partial charge in [-0.3, -0.25) is 9.36 Å². The predicted molar refractivity (Wildman–Crippen MR) is 127 cm³/mol. The maximum absolute atomic E-state index is 14.4. The summed E-state index contributed by atoms with van der Waals surface area (Å²) in [6, 6.07) is 13.4. The van der Waals surface area contributed by atoms with Gasteiger partial charge in [-0.25, -0.2) is 0 Å². The van der Waals surface area contributed by atoms with Crippen LogP contribution in [0.3, 0.4) is 0 Å². The Morgan fingerprint density at radius 2 is 2.12 bits per heavy atom. The molecule has 172 valence electrons. The lowest BCUT2D eigenvalue weighted by Crippen LogP contribution is -2.33. The van der Waals surface area contributed by atoms with Gasteiger partial charge in [0.05, 0.1) is 23.1 Å². The summed E-state index contributed by atoms with van der Waals surface area (Å²) in [5.41, 5.74) is 2.15. The fourth-order valence-corrected chi connectivity index (χ4v) is 6.19. The number of hydrogen-bond acceptors (Lipinski definition) is 6. The van der Waals surface area contributed by atoms with Gasteiger partial charge in [-0.1, -0.05) is 16.4 Å². The summed E-state index contributed by atoms with van der Waals surface area (Å²) in [4.78, 5) is 16.7. The van der Waals surface area contributed by atoms with Gasteiger partial charge in [0.25, 0.3) is 13.3 Å². The van der Waals surface area contributed by atoms with Gasteiger partial charge in [0.15, 0.2) is 0 Å². The Bertz CT molecular complexity index is 1510. The SMILES string of the molecule is COP(=O)(c1cc(C)cc(C#N)c1)c1c(C(=O)NCc2ccn[n+]([O-])c2)[nH]c2ccc(Cl)cc12. The van der Waals surface area contributed by atoms with Gasteiger partial charge >= 0.3 is 0 Å². The third kappa shape index (κ3) is 4.39. The molecule has 1 atom stereocenters.